The number of nitrogens with one attached hydrogen (secondary N) is 2. The lowest BCUT2D eigenvalue weighted by Gasteiger charge is -2.18. The molecular weight excluding hydrogens is 476 g/mol. The molecule has 0 radical (unpaired) electrons. The number of rotatable bonds is 10. The smallest absolute Gasteiger partial charge is 0.251 e. The molecule has 3 aromatic carbocycles. The van der Waals surface area contributed by atoms with Crippen LogP contribution < -0.4 is 10.6 Å². The van der Waals surface area contributed by atoms with E-state index in [-0.39, 0.29) is 18.4 Å². The quantitative estimate of drug-likeness (QED) is 0.298. The van der Waals surface area contributed by atoms with E-state index < -0.39 is 6.04 Å². The predicted octanol–water partition coefficient (Wildman–Crippen LogP) is 4.20. The fourth-order valence-corrected chi connectivity index (χ4v) is 4.14. The van der Waals surface area contributed by atoms with E-state index in [4.69, 9.17) is 0 Å². The van der Waals surface area contributed by atoms with E-state index in [0.29, 0.717) is 23.2 Å². The zero-order chi connectivity index (χ0) is 26.9. The molecule has 4 rings (SSSR count). The Balaban J connectivity index is 1.37. The lowest BCUT2D eigenvalue weighted by Crippen LogP contribution is -2.31. The van der Waals surface area contributed by atoms with E-state index in [1.807, 2.05) is 50.5 Å². The van der Waals surface area contributed by atoms with Crippen LogP contribution in [0.25, 0.3) is 11.1 Å². The number of benzene rings is 3. The monoisotopic (exact) mass is 508 g/mol. The van der Waals surface area contributed by atoms with Crippen LogP contribution >= 0.6 is 0 Å². The van der Waals surface area contributed by atoms with Gasteiger partial charge in [0.2, 0.25) is 0 Å². The van der Waals surface area contributed by atoms with Gasteiger partial charge in [0, 0.05) is 36.6 Å². The molecule has 0 unspecified atom stereocenters. The van der Waals surface area contributed by atoms with Crippen LogP contribution in [-0.4, -0.2) is 47.5 Å². The Morgan fingerprint density at radius 3 is 2.13 bits per heavy atom. The van der Waals surface area contributed by atoms with Crippen molar-refractivity contribution in [2.45, 2.75) is 19.1 Å². The SMILES string of the molecule is CN(C)Cc1ccc(CNC(=O)c2cccc([C@@H](CO)NC(=O)c3ccc(-c4ccncc4)cc3)c2)cc1. The molecule has 7 heteroatoms. The number of aliphatic hydroxyl groups excluding tert-OH is 1. The van der Waals surface area contributed by atoms with Crippen molar-refractivity contribution in [2.75, 3.05) is 20.7 Å². The summed E-state index contributed by atoms with van der Waals surface area (Å²) in [5.74, 6) is -0.531. The second-order valence-electron chi connectivity index (χ2n) is 9.38. The number of carbonyl (C=O) groups excluding carboxylic acids is 2. The maximum Gasteiger partial charge on any atom is 0.251 e. The van der Waals surface area contributed by atoms with Crippen molar-refractivity contribution in [2.24, 2.45) is 0 Å². The molecular formula is C31H32N4O3. The van der Waals surface area contributed by atoms with Gasteiger partial charge in [-0.25, -0.2) is 0 Å². The number of hydrogen-bond donors (Lipinski definition) is 3. The summed E-state index contributed by atoms with van der Waals surface area (Å²) in [6.45, 7) is 0.963. The molecule has 1 aromatic heterocycles. The predicted molar refractivity (Wildman–Crippen MR) is 148 cm³/mol. The molecule has 38 heavy (non-hydrogen) atoms. The largest absolute Gasteiger partial charge is 0.394 e. The van der Waals surface area contributed by atoms with E-state index in [9.17, 15) is 14.7 Å². The van der Waals surface area contributed by atoms with Gasteiger partial charge in [0.15, 0.2) is 0 Å². The number of hydrogen-bond acceptors (Lipinski definition) is 5. The maximum absolute atomic E-state index is 12.9. The lowest BCUT2D eigenvalue weighted by molar-refractivity contribution is 0.0916. The van der Waals surface area contributed by atoms with Gasteiger partial charge in [0.05, 0.1) is 12.6 Å². The van der Waals surface area contributed by atoms with Crippen molar-refractivity contribution < 1.29 is 14.7 Å². The minimum Gasteiger partial charge on any atom is -0.394 e. The zero-order valence-corrected chi connectivity index (χ0v) is 21.6. The first-order valence-electron chi connectivity index (χ1n) is 12.5. The van der Waals surface area contributed by atoms with E-state index in [2.05, 4.69) is 32.7 Å². The van der Waals surface area contributed by atoms with Crippen LogP contribution in [0, 0.1) is 0 Å². The molecule has 0 aliphatic rings. The molecule has 194 valence electrons. The molecule has 1 atom stereocenters. The Hall–Kier alpha value is -4.33. The second-order valence-corrected chi connectivity index (χ2v) is 9.38. The summed E-state index contributed by atoms with van der Waals surface area (Å²) in [5.41, 5.74) is 5.79. The van der Waals surface area contributed by atoms with E-state index >= 15 is 0 Å². The number of aliphatic hydroxyl groups is 1. The van der Waals surface area contributed by atoms with Crippen LogP contribution in [0.3, 0.4) is 0 Å². The van der Waals surface area contributed by atoms with Crippen molar-refractivity contribution in [1.82, 2.24) is 20.5 Å². The first kappa shape index (κ1) is 26.7. The van der Waals surface area contributed by atoms with Gasteiger partial charge in [0.25, 0.3) is 11.8 Å². The van der Waals surface area contributed by atoms with Gasteiger partial charge in [-0.05, 0) is 78.3 Å². The second kappa shape index (κ2) is 12.8. The number of nitrogens with zero attached hydrogens (tertiary/aromatic N) is 2. The Morgan fingerprint density at radius 2 is 1.47 bits per heavy atom. The van der Waals surface area contributed by atoms with E-state index in [0.717, 1.165) is 23.2 Å². The third-order valence-electron chi connectivity index (χ3n) is 6.17. The van der Waals surface area contributed by atoms with Crippen molar-refractivity contribution >= 4 is 11.8 Å². The standard InChI is InChI=1S/C31H32N4O3/c1-35(2)20-23-8-6-22(7-9-23)19-33-30(37)28-5-3-4-27(18-28)29(21-36)34-31(38)26-12-10-24(11-13-26)25-14-16-32-17-15-25/h3-18,29,36H,19-21H2,1-2H3,(H,33,37)(H,34,38)/t29-/m1/s1. The molecule has 2 amide bonds. The van der Waals surface area contributed by atoms with Crippen LogP contribution in [-0.2, 0) is 13.1 Å². The Labute approximate surface area is 223 Å². The van der Waals surface area contributed by atoms with Gasteiger partial charge in [0.1, 0.15) is 0 Å². The molecule has 3 N–H and O–H groups in total. The molecule has 0 saturated heterocycles. The molecule has 1 heterocycles. The van der Waals surface area contributed by atoms with Crippen LogP contribution in [0.4, 0.5) is 0 Å². The van der Waals surface area contributed by atoms with Crippen LogP contribution in [0.5, 0.6) is 0 Å². The summed E-state index contributed by atoms with van der Waals surface area (Å²) in [4.78, 5) is 31.8. The lowest BCUT2D eigenvalue weighted by atomic mass is 10.0. The molecule has 0 aliphatic carbocycles. The van der Waals surface area contributed by atoms with Gasteiger partial charge in [-0.3, -0.25) is 14.6 Å². The highest BCUT2D eigenvalue weighted by Gasteiger charge is 2.17. The zero-order valence-electron chi connectivity index (χ0n) is 21.6. The topological polar surface area (TPSA) is 94.6 Å². The number of pyridine rings is 1. The average Bonchev–Trinajstić information content (AvgIpc) is 2.95. The molecule has 0 fully saturated rings. The number of carbonyl (C=O) groups is 2. The third kappa shape index (κ3) is 7.12. The molecule has 7 nitrogen and oxygen atoms in total. The first-order chi connectivity index (χ1) is 18.4. The van der Waals surface area contributed by atoms with Crippen molar-refractivity contribution in [3.8, 4) is 11.1 Å². The summed E-state index contributed by atoms with van der Waals surface area (Å²) in [7, 11) is 4.05. The van der Waals surface area contributed by atoms with Crippen LogP contribution in [0.2, 0.25) is 0 Å². The Morgan fingerprint density at radius 1 is 0.816 bits per heavy atom. The molecule has 4 aromatic rings. The minimum absolute atomic E-state index is 0.223. The first-order valence-corrected chi connectivity index (χ1v) is 12.5. The van der Waals surface area contributed by atoms with E-state index in [1.165, 1.54) is 5.56 Å². The summed E-state index contributed by atoms with van der Waals surface area (Å²) < 4.78 is 0. The normalized spacial score (nSPS) is 11.7. The third-order valence-corrected chi connectivity index (χ3v) is 6.17. The molecule has 0 spiro atoms. The summed E-state index contributed by atoms with van der Waals surface area (Å²) in [6.07, 6.45) is 3.44. The maximum atomic E-state index is 12.9. The highest BCUT2D eigenvalue weighted by Crippen LogP contribution is 2.20. The number of aromatic nitrogens is 1. The fourth-order valence-electron chi connectivity index (χ4n) is 4.14. The fraction of sp³-hybridized carbons (Fsp3) is 0.194. The van der Waals surface area contributed by atoms with Crippen molar-refractivity contribution in [3.05, 3.63) is 125 Å². The van der Waals surface area contributed by atoms with E-state index in [1.54, 1.807) is 48.8 Å². The average molecular weight is 509 g/mol. The summed E-state index contributed by atoms with van der Waals surface area (Å²) in [5, 5.41) is 15.8. The van der Waals surface area contributed by atoms with Gasteiger partial charge >= 0.3 is 0 Å². The summed E-state index contributed by atoms with van der Waals surface area (Å²) in [6, 6.07) is 25.5. The van der Waals surface area contributed by atoms with Gasteiger partial charge in [-0.2, -0.15) is 0 Å². The minimum atomic E-state index is -0.653. The summed E-state index contributed by atoms with van der Waals surface area (Å²) >= 11 is 0. The highest BCUT2D eigenvalue weighted by molar-refractivity contribution is 5.95. The van der Waals surface area contributed by atoms with Crippen LogP contribution in [0.15, 0.2) is 97.3 Å². The number of amides is 2. The highest BCUT2D eigenvalue weighted by atomic mass is 16.3. The molecule has 0 saturated carbocycles. The van der Waals surface area contributed by atoms with Gasteiger partial charge in [-0.15, -0.1) is 0 Å². The van der Waals surface area contributed by atoms with Crippen molar-refractivity contribution in [3.63, 3.8) is 0 Å². The Bertz CT molecular complexity index is 1350. The molecule has 0 aliphatic heterocycles. The Kier molecular flexibility index (Phi) is 8.98. The van der Waals surface area contributed by atoms with Gasteiger partial charge in [-0.1, -0.05) is 48.5 Å². The van der Waals surface area contributed by atoms with Crippen molar-refractivity contribution in [1.29, 1.82) is 0 Å². The van der Waals surface area contributed by atoms with Gasteiger partial charge < -0.3 is 20.6 Å². The van der Waals surface area contributed by atoms with Crippen LogP contribution in [0.1, 0.15) is 43.4 Å². The molecule has 0 bridgehead atoms.